The molecule has 0 bridgehead atoms. The maximum atomic E-state index is 9.44. The maximum absolute atomic E-state index is 9.44. The summed E-state index contributed by atoms with van der Waals surface area (Å²) >= 11 is 0. The van der Waals surface area contributed by atoms with Crippen molar-refractivity contribution in [2.45, 2.75) is 25.0 Å². The molecule has 3 rings (SSSR count). The van der Waals surface area contributed by atoms with Gasteiger partial charge in [-0.3, -0.25) is 4.98 Å². The summed E-state index contributed by atoms with van der Waals surface area (Å²) in [5, 5.41) is 16.5. The van der Waals surface area contributed by atoms with Crippen molar-refractivity contribution in [2.24, 2.45) is 0 Å². The minimum Gasteiger partial charge on any atom is -0.392 e. The maximum Gasteiger partial charge on any atom is 0.243 e. The predicted octanol–water partition coefficient (Wildman–Crippen LogP) is 0.451. The first kappa shape index (κ1) is 11.3. The average Bonchev–Trinajstić information content (AvgIpc) is 2.99. The van der Waals surface area contributed by atoms with Crippen LogP contribution in [0.5, 0.6) is 0 Å². The first-order valence-electron chi connectivity index (χ1n) is 5.94. The lowest BCUT2D eigenvalue weighted by molar-refractivity contribution is 0.191. The Bertz CT molecular complexity index is 514. The fraction of sp³-hybridized carbons (Fsp3) is 0.417. The van der Waals surface area contributed by atoms with Crippen molar-refractivity contribution in [3.63, 3.8) is 0 Å². The topological polar surface area (TPSA) is 84.1 Å². The van der Waals surface area contributed by atoms with Crippen LogP contribution in [0.4, 0.5) is 0 Å². The van der Waals surface area contributed by atoms with E-state index in [1.165, 1.54) is 0 Å². The first-order valence-corrected chi connectivity index (χ1v) is 5.94. The van der Waals surface area contributed by atoms with Crippen molar-refractivity contribution in [2.75, 3.05) is 6.54 Å². The van der Waals surface area contributed by atoms with Gasteiger partial charge >= 0.3 is 0 Å². The molecule has 1 fully saturated rings. The SMILES string of the molecule is OC1CNC(c2nc(Cc3ccncc3)no2)C1. The minimum atomic E-state index is -0.328. The van der Waals surface area contributed by atoms with E-state index in [0.29, 0.717) is 31.1 Å². The van der Waals surface area contributed by atoms with Crippen LogP contribution in [0.3, 0.4) is 0 Å². The van der Waals surface area contributed by atoms with Gasteiger partial charge in [0.25, 0.3) is 0 Å². The third kappa shape index (κ3) is 2.39. The van der Waals surface area contributed by atoms with Crippen molar-refractivity contribution < 1.29 is 9.63 Å². The molecule has 0 saturated carbocycles. The number of β-amino-alcohol motifs (C(OH)–C–C–N with tert-alkyl or cyclic N) is 1. The summed E-state index contributed by atoms with van der Waals surface area (Å²) < 4.78 is 5.22. The molecular formula is C12H14N4O2. The van der Waals surface area contributed by atoms with Gasteiger partial charge in [0.05, 0.1) is 12.1 Å². The van der Waals surface area contributed by atoms with Gasteiger partial charge in [0.1, 0.15) is 0 Å². The Morgan fingerprint density at radius 1 is 1.39 bits per heavy atom. The largest absolute Gasteiger partial charge is 0.392 e. The van der Waals surface area contributed by atoms with E-state index < -0.39 is 0 Å². The molecule has 1 aliphatic rings. The van der Waals surface area contributed by atoms with Crippen LogP contribution < -0.4 is 5.32 Å². The Hall–Kier alpha value is -1.79. The summed E-state index contributed by atoms with van der Waals surface area (Å²) in [4.78, 5) is 8.31. The molecule has 6 heteroatoms. The van der Waals surface area contributed by atoms with Crippen LogP contribution in [-0.2, 0) is 6.42 Å². The third-order valence-electron chi connectivity index (χ3n) is 3.00. The molecule has 2 unspecified atom stereocenters. The molecule has 2 atom stereocenters. The van der Waals surface area contributed by atoms with Gasteiger partial charge in [-0.05, 0) is 24.1 Å². The molecule has 2 N–H and O–H groups in total. The number of aliphatic hydroxyl groups excluding tert-OH is 1. The molecule has 1 saturated heterocycles. The third-order valence-corrected chi connectivity index (χ3v) is 3.00. The Morgan fingerprint density at radius 2 is 2.22 bits per heavy atom. The van der Waals surface area contributed by atoms with Gasteiger partial charge in [0, 0.05) is 25.4 Å². The molecule has 94 valence electrons. The molecule has 1 aliphatic heterocycles. The second kappa shape index (κ2) is 4.83. The van der Waals surface area contributed by atoms with Gasteiger partial charge in [-0.15, -0.1) is 0 Å². The zero-order valence-corrected chi connectivity index (χ0v) is 9.78. The zero-order chi connectivity index (χ0) is 12.4. The fourth-order valence-corrected chi connectivity index (χ4v) is 2.07. The normalized spacial score (nSPS) is 23.4. The van der Waals surface area contributed by atoms with E-state index in [1.54, 1.807) is 12.4 Å². The Balaban J connectivity index is 1.70. The zero-order valence-electron chi connectivity index (χ0n) is 9.78. The number of hydrogen-bond acceptors (Lipinski definition) is 6. The Labute approximate surface area is 104 Å². The minimum absolute atomic E-state index is 0.0290. The molecule has 2 aromatic rings. The molecule has 3 heterocycles. The number of aliphatic hydroxyl groups is 1. The molecule has 0 amide bonds. The van der Waals surface area contributed by atoms with Crippen LogP contribution in [0.25, 0.3) is 0 Å². The van der Waals surface area contributed by atoms with Crippen LogP contribution in [0.1, 0.15) is 29.7 Å². The summed E-state index contributed by atoms with van der Waals surface area (Å²) in [7, 11) is 0. The summed E-state index contributed by atoms with van der Waals surface area (Å²) in [6.07, 6.45) is 4.40. The lowest BCUT2D eigenvalue weighted by Gasteiger charge is -2.01. The van der Waals surface area contributed by atoms with E-state index in [1.807, 2.05) is 12.1 Å². The van der Waals surface area contributed by atoms with Crippen molar-refractivity contribution in [1.82, 2.24) is 20.4 Å². The molecule has 6 nitrogen and oxygen atoms in total. The van der Waals surface area contributed by atoms with Gasteiger partial charge in [-0.2, -0.15) is 4.98 Å². The number of rotatable bonds is 3. The quantitative estimate of drug-likeness (QED) is 0.818. The molecule has 0 aromatic carbocycles. The second-order valence-corrected chi connectivity index (χ2v) is 4.43. The highest BCUT2D eigenvalue weighted by Crippen LogP contribution is 2.22. The number of aromatic nitrogens is 3. The average molecular weight is 246 g/mol. The van der Waals surface area contributed by atoms with Crippen molar-refractivity contribution in [3.8, 4) is 0 Å². The summed E-state index contributed by atoms with van der Waals surface area (Å²) in [5.41, 5.74) is 1.09. The smallest absolute Gasteiger partial charge is 0.243 e. The summed E-state index contributed by atoms with van der Waals surface area (Å²) in [5.74, 6) is 1.20. The molecule has 18 heavy (non-hydrogen) atoms. The number of hydrogen-bond donors (Lipinski definition) is 2. The van der Waals surface area contributed by atoms with E-state index in [4.69, 9.17) is 4.52 Å². The van der Waals surface area contributed by atoms with Crippen molar-refractivity contribution >= 4 is 0 Å². The highest BCUT2D eigenvalue weighted by molar-refractivity contribution is 5.15. The van der Waals surface area contributed by atoms with Crippen LogP contribution >= 0.6 is 0 Å². The van der Waals surface area contributed by atoms with Gasteiger partial charge < -0.3 is 14.9 Å². The fourth-order valence-electron chi connectivity index (χ4n) is 2.07. The van der Waals surface area contributed by atoms with E-state index in [-0.39, 0.29) is 12.1 Å². The highest BCUT2D eigenvalue weighted by atomic mass is 16.5. The Kier molecular flexibility index (Phi) is 3.04. The lowest BCUT2D eigenvalue weighted by Crippen LogP contribution is -2.15. The van der Waals surface area contributed by atoms with E-state index >= 15 is 0 Å². The standard InChI is InChI=1S/C12H14N4O2/c17-9-6-10(14-7-9)12-15-11(16-18-12)5-8-1-3-13-4-2-8/h1-4,9-10,14,17H,5-7H2. The van der Waals surface area contributed by atoms with E-state index in [0.717, 1.165) is 5.56 Å². The molecule has 0 radical (unpaired) electrons. The van der Waals surface area contributed by atoms with E-state index in [9.17, 15) is 5.11 Å². The number of pyridine rings is 1. The molecule has 0 aliphatic carbocycles. The van der Waals surface area contributed by atoms with Crippen molar-refractivity contribution in [3.05, 3.63) is 41.8 Å². The molecular weight excluding hydrogens is 232 g/mol. The Morgan fingerprint density at radius 3 is 2.94 bits per heavy atom. The summed E-state index contributed by atoms with van der Waals surface area (Å²) in [6, 6.07) is 3.82. The molecule has 2 aromatic heterocycles. The van der Waals surface area contributed by atoms with Gasteiger partial charge in [-0.1, -0.05) is 5.16 Å². The van der Waals surface area contributed by atoms with Crippen LogP contribution in [0.2, 0.25) is 0 Å². The van der Waals surface area contributed by atoms with Gasteiger partial charge in [0.15, 0.2) is 5.82 Å². The van der Waals surface area contributed by atoms with Crippen LogP contribution in [0, 0.1) is 0 Å². The monoisotopic (exact) mass is 246 g/mol. The van der Waals surface area contributed by atoms with Crippen molar-refractivity contribution in [1.29, 1.82) is 0 Å². The highest BCUT2D eigenvalue weighted by Gasteiger charge is 2.27. The predicted molar refractivity (Wildman–Crippen MR) is 62.7 cm³/mol. The number of nitrogens with zero attached hydrogens (tertiary/aromatic N) is 3. The number of nitrogens with one attached hydrogen (secondary N) is 1. The van der Waals surface area contributed by atoms with Crippen LogP contribution in [0.15, 0.2) is 29.0 Å². The van der Waals surface area contributed by atoms with Crippen LogP contribution in [-0.4, -0.2) is 32.9 Å². The lowest BCUT2D eigenvalue weighted by atomic mass is 10.2. The van der Waals surface area contributed by atoms with Gasteiger partial charge in [-0.25, -0.2) is 0 Å². The first-order chi connectivity index (χ1) is 8.81. The van der Waals surface area contributed by atoms with E-state index in [2.05, 4.69) is 20.4 Å². The summed E-state index contributed by atoms with van der Waals surface area (Å²) in [6.45, 7) is 0.576. The molecule has 0 spiro atoms. The van der Waals surface area contributed by atoms with Gasteiger partial charge in [0.2, 0.25) is 5.89 Å². The second-order valence-electron chi connectivity index (χ2n) is 4.43.